The number of anilines is 1. The van der Waals surface area contributed by atoms with Crippen molar-refractivity contribution >= 4 is 23.2 Å². The molecule has 4 heteroatoms. The number of rotatable bonds is 6. The lowest BCUT2D eigenvalue weighted by Crippen LogP contribution is -2.19. The molecule has 0 saturated heterocycles. The highest BCUT2D eigenvalue weighted by Crippen LogP contribution is 2.18. The Morgan fingerprint density at radius 2 is 1.91 bits per heavy atom. The first-order chi connectivity index (χ1) is 10.6. The molecule has 2 N–H and O–H groups in total. The number of nitrogens with one attached hydrogen (secondary N) is 2. The van der Waals surface area contributed by atoms with Gasteiger partial charge in [-0.3, -0.25) is 4.79 Å². The van der Waals surface area contributed by atoms with Gasteiger partial charge in [0, 0.05) is 12.2 Å². The zero-order chi connectivity index (χ0) is 15.9. The summed E-state index contributed by atoms with van der Waals surface area (Å²) >= 11 is 6.04. The van der Waals surface area contributed by atoms with Gasteiger partial charge < -0.3 is 10.6 Å². The first-order valence-corrected chi connectivity index (χ1v) is 7.79. The van der Waals surface area contributed by atoms with E-state index in [0.717, 1.165) is 24.3 Å². The number of halogens is 1. The van der Waals surface area contributed by atoms with E-state index in [1.165, 1.54) is 0 Å². The van der Waals surface area contributed by atoms with Crippen LogP contribution in [-0.2, 0) is 6.54 Å². The third-order valence-corrected chi connectivity index (χ3v) is 3.51. The van der Waals surface area contributed by atoms with Gasteiger partial charge in [-0.1, -0.05) is 49.7 Å². The summed E-state index contributed by atoms with van der Waals surface area (Å²) in [5.41, 5.74) is 2.39. The molecule has 2 aromatic carbocycles. The maximum atomic E-state index is 12.2. The molecule has 2 aromatic rings. The van der Waals surface area contributed by atoms with Crippen LogP contribution >= 0.6 is 11.6 Å². The summed E-state index contributed by atoms with van der Waals surface area (Å²) in [7, 11) is 0. The topological polar surface area (TPSA) is 41.1 Å². The second kappa shape index (κ2) is 7.97. The molecule has 3 nitrogen and oxygen atoms in total. The molecule has 116 valence electrons. The van der Waals surface area contributed by atoms with Crippen LogP contribution in [-0.4, -0.2) is 12.5 Å². The molecule has 0 heterocycles. The molecule has 0 aliphatic rings. The number of benzene rings is 2. The van der Waals surface area contributed by atoms with Gasteiger partial charge in [-0.2, -0.15) is 0 Å². The van der Waals surface area contributed by atoms with Gasteiger partial charge in [0.15, 0.2) is 0 Å². The lowest BCUT2D eigenvalue weighted by atomic mass is 10.1. The number of amides is 1. The Labute approximate surface area is 136 Å². The van der Waals surface area contributed by atoms with E-state index < -0.39 is 0 Å². The quantitative estimate of drug-likeness (QED) is 0.832. The van der Waals surface area contributed by atoms with Crippen molar-refractivity contribution < 1.29 is 4.79 Å². The van der Waals surface area contributed by atoms with Crippen LogP contribution in [0.5, 0.6) is 0 Å². The first-order valence-electron chi connectivity index (χ1n) is 7.42. The van der Waals surface area contributed by atoms with Crippen molar-refractivity contribution in [3.8, 4) is 0 Å². The smallest absolute Gasteiger partial charge is 0.257 e. The Bertz CT molecular complexity index is 640. The second-order valence-electron chi connectivity index (χ2n) is 5.66. The summed E-state index contributed by atoms with van der Waals surface area (Å²) in [6.07, 6.45) is 0. The minimum absolute atomic E-state index is 0.196. The van der Waals surface area contributed by atoms with Crippen molar-refractivity contribution in [1.29, 1.82) is 0 Å². The predicted molar refractivity (Wildman–Crippen MR) is 92.4 cm³/mol. The van der Waals surface area contributed by atoms with Crippen LogP contribution in [0.3, 0.4) is 0 Å². The van der Waals surface area contributed by atoms with E-state index in [2.05, 4.69) is 24.5 Å². The van der Waals surface area contributed by atoms with Crippen molar-refractivity contribution in [2.24, 2.45) is 5.92 Å². The molecule has 0 aliphatic heterocycles. The highest BCUT2D eigenvalue weighted by atomic mass is 35.5. The molecular weight excluding hydrogens is 296 g/mol. The number of carbonyl (C=O) groups excluding carboxylic acids is 1. The van der Waals surface area contributed by atoms with Crippen LogP contribution in [0.2, 0.25) is 5.02 Å². The molecule has 0 radical (unpaired) electrons. The third-order valence-electron chi connectivity index (χ3n) is 3.19. The molecule has 0 aliphatic carbocycles. The molecule has 0 aromatic heterocycles. The largest absolute Gasteiger partial charge is 0.322 e. The molecule has 22 heavy (non-hydrogen) atoms. The minimum atomic E-state index is -0.196. The Morgan fingerprint density at radius 3 is 2.64 bits per heavy atom. The fraction of sp³-hybridized carbons (Fsp3) is 0.278. The highest BCUT2D eigenvalue weighted by molar-refractivity contribution is 6.34. The maximum absolute atomic E-state index is 12.2. The Morgan fingerprint density at radius 1 is 1.14 bits per heavy atom. The van der Waals surface area contributed by atoms with Crippen LogP contribution in [0.15, 0.2) is 48.5 Å². The number of hydrogen-bond donors (Lipinski definition) is 2. The Hall–Kier alpha value is -1.84. The molecule has 0 saturated carbocycles. The molecule has 0 fully saturated rings. The Kier molecular flexibility index (Phi) is 5.99. The van der Waals surface area contributed by atoms with Crippen molar-refractivity contribution in [1.82, 2.24) is 5.32 Å². The van der Waals surface area contributed by atoms with Gasteiger partial charge in [-0.25, -0.2) is 0 Å². The van der Waals surface area contributed by atoms with E-state index in [-0.39, 0.29) is 5.91 Å². The average molecular weight is 317 g/mol. The van der Waals surface area contributed by atoms with Crippen LogP contribution in [0, 0.1) is 5.92 Å². The molecule has 2 rings (SSSR count). The fourth-order valence-corrected chi connectivity index (χ4v) is 2.33. The minimum Gasteiger partial charge on any atom is -0.322 e. The van der Waals surface area contributed by atoms with Crippen molar-refractivity contribution in [2.45, 2.75) is 20.4 Å². The standard InChI is InChI=1S/C18H21ClN2O/c1-13(2)11-20-12-14-6-5-7-15(10-14)21-18(22)16-8-3-4-9-17(16)19/h3-10,13,20H,11-12H2,1-2H3,(H,21,22). The zero-order valence-corrected chi connectivity index (χ0v) is 13.7. The molecule has 1 amide bonds. The van der Waals surface area contributed by atoms with E-state index in [1.807, 2.05) is 24.3 Å². The number of carbonyl (C=O) groups is 1. The monoisotopic (exact) mass is 316 g/mol. The predicted octanol–water partition coefficient (Wildman–Crippen LogP) is 4.34. The second-order valence-corrected chi connectivity index (χ2v) is 6.07. The van der Waals surface area contributed by atoms with Crippen LogP contribution in [0.25, 0.3) is 0 Å². The molecule has 0 spiro atoms. The summed E-state index contributed by atoms with van der Waals surface area (Å²) in [4.78, 5) is 12.2. The molecule has 0 bridgehead atoms. The van der Waals surface area contributed by atoms with E-state index >= 15 is 0 Å². The van der Waals surface area contributed by atoms with Gasteiger partial charge in [0.2, 0.25) is 0 Å². The first kappa shape index (κ1) is 16.5. The average Bonchev–Trinajstić information content (AvgIpc) is 2.47. The van der Waals surface area contributed by atoms with Gasteiger partial charge in [0.25, 0.3) is 5.91 Å². The van der Waals surface area contributed by atoms with Gasteiger partial charge in [-0.05, 0) is 42.3 Å². The molecule has 0 unspecified atom stereocenters. The molecular formula is C18H21ClN2O. The lowest BCUT2D eigenvalue weighted by molar-refractivity contribution is 0.102. The fourth-order valence-electron chi connectivity index (χ4n) is 2.11. The third kappa shape index (κ3) is 4.86. The highest BCUT2D eigenvalue weighted by Gasteiger charge is 2.09. The maximum Gasteiger partial charge on any atom is 0.257 e. The summed E-state index contributed by atoms with van der Waals surface area (Å²) in [6, 6.07) is 14.9. The van der Waals surface area contributed by atoms with Crippen molar-refractivity contribution in [2.75, 3.05) is 11.9 Å². The van der Waals surface area contributed by atoms with Gasteiger partial charge in [0.05, 0.1) is 10.6 Å². The van der Waals surface area contributed by atoms with Gasteiger partial charge in [0.1, 0.15) is 0 Å². The van der Waals surface area contributed by atoms with E-state index in [9.17, 15) is 4.79 Å². The summed E-state index contributed by atoms with van der Waals surface area (Å²) < 4.78 is 0. The number of hydrogen-bond acceptors (Lipinski definition) is 2. The van der Waals surface area contributed by atoms with E-state index in [4.69, 9.17) is 11.6 Å². The van der Waals surface area contributed by atoms with E-state index in [1.54, 1.807) is 24.3 Å². The summed E-state index contributed by atoms with van der Waals surface area (Å²) in [6.45, 7) is 6.10. The van der Waals surface area contributed by atoms with Gasteiger partial charge >= 0.3 is 0 Å². The zero-order valence-electron chi connectivity index (χ0n) is 12.9. The lowest BCUT2D eigenvalue weighted by Gasteiger charge is -2.10. The van der Waals surface area contributed by atoms with Crippen LogP contribution in [0.1, 0.15) is 29.8 Å². The summed E-state index contributed by atoms with van der Waals surface area (Å²) in [5.74, 6) is 0.418. The van der Waals surface area contributed by atoms with Crippen molar-refractivity contribution in [3.05, 3.63) is 64.7 Å². The SMILES string of the molecule is CC(C)CNCc1cccc(NC(=O)c2ccccc2Cl)c1. The van der Waals surface area contributed by atoms with Crippen LogP contribution in [0.4, 0.5) is 5.69 Å². The van der Waals surface area contributed by atoms with Crippen molar-refractivity contribution in [3.63, 3.8) is 0 Å². The van der Waals surface area contributed by atoms with Gasteiger partial charge in [-0.15, -0.1) is 0 Å². The Balaban J connectivity index is 2.01. The normalized spacial score (nSPS) is 10.7. The van der Waals surface area contributed by atoms with Crippen LogP contribution < -0.4 is 10.6 Å². The summed E-state index contributed by atoms with van der Waals surface area (Å²) in [5, 5.41) is 6.73. The van der Waals surface area contributed by atoms with E-state index in [0.29, 0.717) is 16.5 Å². The molecule has 0 atom stereocenters.